The average molecular weight is 248 g/mol. The second kappa shape index (κ2) is 5.01. The summed E-state index contributed by atoms with van der Waals surface area (Å²) in [6, 6.07) is 13.6. The van der Waals surface area contributed by atoms with Crippen molar-refractivity contribution in [2.45, 2.75) is 9.79 Å². The third kappa shape index (κ3) is 2.85. The van der Waals surface area contributed by atoms with E-state index in [9.17, 15) is 9.18 Å². The molecule has 0 atom stereocenters. The summed E-state index contributed by atoms with van der Waals surface area (Å²) >= 11 is 1.40. The van der Waals surface area contributed by atoms with Gasteiger partial charge in [0.2, 0.25) is 0 Å². The minimum atomic E-state index is -1.25. The molecule has 2 nitrogen and oxygen atoms in total. The van der Waals surface area contributed by atoms with E-state index in [1.54, 1.807) is 6.07 Å². The Morgan fingerprint density at radius 3 is 2.41 bits per heavy atom. The van der Waals surface area contributed by atoms with E-state index in [0.717, 1.165) is 4.90 Å². The van der Waals surface area contributed by atoms with Gasteiger partial charge in [-0.1, -0.05) is 30.0 Å². The van der Waals surface area contributed by atoms with E-state index in [-0.39, 0.29) is 5.56 Å². The highest BCUT2D eigenvalue weighted by molar-refractivity contribution is 7.99. The van der Waals surface area contributed by atoms with Gasteiger partial charge in [-0.25, -0.2) is 9.18 Å². The fraction of sp³-hybridized carbons (Fsp3) is 0. The van der Waals surface area contributed by atoms with E-state index >= 15 is 0 Å². The highest BCUT2D eigenvalue weighted by atomic mass is 32.2. The van der Waals surface area contributed by atoms with Crippen LogP contribution < -0.4 is 0 Å². The smallest absolute Gasteiger partial charge is 0.338 e. The lowest BCUT2D eigenvalue weighted by molar-refractivity contribution is 0.0691. The molecule has 17 heavy (non-hydrogen) atoms. The first kappa shape index (κ1) is 11.7. The van der Waals surface area contributed by atoms with Gasteiger partial charge in [-0.05, 0) is 30.3 Å². The van der Waals surface area contributed by atoms with Crippen molar-refractivity contribution >= 4 is 17.7 Å². The first-order valence-corrected chi connectivity index (χ1v) is 5.74. The monoisotopic (exact) mass is 248 g/mol. The van der Waals surface area contributed by atoms with Gasteiger partial charge in [0.15, 0.2) is 0 Å². The number of rotatable bonds is 3. The van der Waals surface area contributed by atoms with Crippen LogP contribution in [0.15, 0.2) is 58.3 Å². The van der Waals surface area contributed by atoms with E-state index < -0.39 is 11.8 Å². The molecule has 0 saturated carbocycles. The van der Waals surface area contributed by atoms with Crippen molar-refractivity contribution in [3.8, 4) is 0 Å². The Hall–Kier alpha value is -1.81. The quantitative estimate of drug-likeness (QED) is 0.900. The van der Waals surface area contributed by atoms with Crippen LogP contribution in [0.25, 0.3) is 0 Å². The molecule has 0 spiro atoms. The molecule has 0 fully saturated rings. The molecule has 2 aromatic rings. The molecule has 0 bridgehead atoms. The second-order valence-electron chi connectivity index (χ2n) is 3.36. The van der Waals surface area contributed by atoms with E-state index in [1.807, 2.05) is 30.3 Å². The predicted octanol–water partition coefficient (Wildman–Crippen LogP) is 3.68. The maximum absolute atomic E-state index is 13.2. The van der Waals surface area contributed by atoms with Crippen LogP contribution in [0.5, 0.6) is 0 Å². The SMILES string of the molecule is O=C(O)c1cc(Sc2ccccc2)ccc1F. The van der Waals surface area contributed by atoms with Crippen molar-refractivity contribution < 1.29 is 14.3 Å². The van der Waals surface area contributed by atoms with Gasteiger partial charge < -0.3 is 5.11 Å². The first-order chi connectivity index (χ1) is 8.16. The van der Waals surface area contributed by atoms with Crippen molar-refractivity contribution in [2.24, 2.45) is 0 Å². The van der Waals surface area contributed by atoms with Crippen LogP contribution in [0.2, 0.25) is 0 Å². The molecule has 2 aromatic carbocycles. The molecule has 0 aliphatic rings. The number of carboxylic acids is 1. The lowest BCUT2D eigenvalue weighted by Crippen LogP contribution is -2.00. The Morgan fingerprint density at radius 2 is 1.76 bits per heavy atom. The molecular weight excluding hydrogens is 239 g/mol. The Bertz CT molecular complexity index is 540. The van der Waals surface area contributed by atoms with Gasteiger partial charge in [0.05, 0.1) is 5.56 Å². The van der Waals surface area contributed by atoms with Crippen LogP contribution in [0.4, 0.5) is 4.39 Å². The summed E-state index contributed by atoms with van der Waals surface area (Å²) in [5.41, 5.74) is -0.300. The van der Waals surface area contributed by atoms with Crippen LogP contribution >= 0.6 is 11.8 Å². The second-order valence-corrected chi connectivity index (χ2v) is 4.51. The van der Waals surface area contributed by atoms with Gasteiger partial charge in [0.25, 0.3) is 0 Å². The first-order valence-electron chi connectivity index (χ1n) is 4.92. The van der Waals surface area contributed by atoms with Gasteiger partial charge in [-0.2, -0.15) is 0 Å². The van der Waals surface area contributed by atoms with Crippen LogP contribution in [-0.2, 0) is 0 Å². The van der Waals surface area contributed by atoms with Gasteiger partial charge in [0.1, 0.15) is 5.82 Å². The van der Waals surface area contributed by atoms with Crippen LogP contribution in [0.1, 0.15) is 10.4 Å². The predicted molar refractivity (Wildman–Crippen MR) is 63.9 cm³/mol. The number of aromatic carboxylic acids is 1. The molecule has 1 N–H and O–H groups in total. The molecular formula is C13H9FO2S. The van der Waals surface area contributed by atoms with E-state index in [4.69, 9.17) is 5.11 Å². The Balaban J connectivity index is 2.29. The molecule has 0 aliphatic heterocycles. The van der Waals surface area contributed by atoms with Crippen LogP contribution in [0, 0.1) is 5.82 Å². The number of carbonyl (C=O) groups is 1. The third-order valence-corrected chi connectivity index (χ3v) is 3.14. The standard InChI is InChI=1S/C13H9FO2S/c14-12-7-6-10(8-11(12)13(15)16)17-9-4-2-1-3-5-9/h1-8H,(H,15,16). The molecule has 86 valence electrons. The van der Waals surface area contributed by atoms with Gasteiger partial charge in [-0.3, -0.25) is 0 Å². The van der Waals surface area contributed by atoms with E-state index in [2.05, 4.69) is 0 Å². The summed E-state index contributed by atoms with van der Waals surface area (Å²) in [6.07, 6.45) is 0. The van der Waals surface area contributed by atoms with Crippen LogP contribution in [0.3, 0.4) is 0 Å². The van der Waals surface area contributed by atoms with E-state index in [0.29, 0.717) is 4.90 Å². The number of hydrogen-bond acceptors (Lipinski definition) is 2. The zero-order valence-electron chi connectivity index (χ0n) is 8.76. The average Bonchev–Trinajstić information content (AvgIpc) is 2.32. The Kier molecular flexibility index (Phi) is 3.44. The largest absolute Gasteiger partial charge is 0.478 e. The van der Waals surface area contributed by atoms with Crippen molar-refractivity contribution in [3.63, 3.8) is 0 Å². The summed E-state index contributed by atoms with van der Waals surface area (Å²) in [4.78, 5) is 12.5. The van der Waals surface area contributed by atoms with Crippen molar-refractivity contribution in [2.75, 3.05) is 0 Å². The van der Waals surface area contributed by atoms with Crippen molar-refractivity contribution in [3.05, 3.63) is 59.9 Å². The maximum atomic E-state index is 13.2. The zero-order chi connectivity index (χ0) is 12.3. The molecule has 0 saturated heterocycles. The zero-order valence-corrected chi connectivity index (χ0v) is 9.58. The minimum Gasteiger partial charge on any atom is -0.478 e. The molecule has 0 aromatic heterocycles. The summed E-state index contributed by atoms with van der Waals surface area (Å²) in [7, 11) is 0. The number of carboxylic acid groups (broad SMARTS) is 1. The summed E-state index contributed by atoms with van der Waals surface area (Å²) in [5.74, 6) is -1.96. The van der Waals surface area contributed by atoms with Crippen molar-refractivity contribution in [1.29, 1.82) is 0 Å². The topological polar surface area (TPSA) is 37.3 Å². The highest BCUT2D eigenvalue weighted by Crippen LogP contribution is 2.28. The van der Waals surface area contributed by atoms with Gasteiger partial charge in [0, 0.05) is 9.79 Å². The molecule has 0 heterocycles. The van der Waals surface area contributed by atoms with Crippen molar-refractivity contribution in [1.82, 2.24) is 0 Å². The normalized spacial score (nSPS) is 10.2. The molecule has 0 unspecified atom stereocenters. The lowest BCUT2D eigenvalue weighted by Gasteiger charge is -2.03. The number of benzene rings is 2. The third-order valence-electron chi connectivity index (χ3n) is 2.15. The van der Waals surface area contributed by atoms with Crippen LogP contribution in [-0.4, -0.2) is 11.1 Å². The Morgan fingerprint density at radius 1 is 1.06 bits per heavy atom. The van der Waals surface area contributed by atoms with Gasteiger partial charge in [-0.15, -0.1) is 0 Å². The molecule has 4 heteroatoms. The van der Waals surface area contributed by atoms with E-state index in [1.165, 1.54) is 23.9 Å². The molecule has 2 rings (SSSR count). The molecule has 0 amide bonds. The Labute approximate surface area is 102 Å². The number of hydrogen-bond donors (Lipinski definition) is 1. The highest BCUT2D eigenvalue weighted by Gasteiger charge is 2.11. The fourth-order valence-corrected chi connectivity index (χ4v) is 2.23. The summed E-state index contributed by atoms with van der Waals surface area (Å²) < 4.78 is 13.2. The van der Waals surface area contributed by atoms with Gasteiger partial charge >= 0.3 is 5.97 Å². The summed E-state index contributed by atoms with van der Waals surface area (Å²) in [5, 5.41) is 8.81. The fourth-order valence-electron chi connectivity index (χ4n) is 1.36. The lowest BCUT2D eigenvalue weighted by atomic mass is 10.2. The molecule has 0 aliphatic carbocycles. The minimum absolute atomic E-state index is 0.300. The maximum Gasteiger partial charge on any atom is 0.338 e. The summed E-state index contributed by atoms with van der Waals surface area (Å²) in [6.45, 7) is 0. The molecule has 0 radical (unpaired) electrons. The number of halogens is 1.